The van der Waals surface area contributed by atoms with Crippen LogP contribution >= 0.6 is 0 Å². The van der Waals surface area contributed by atoms with Gasteiger partial charge in [-0.25, -0.2) is 0 Å². The molecule has 2 nitrogen and oxygen atoms in total. The van der Waals surface area contributed by atoms with Crippen LogP contribution in [0.2, 0.25) is 0 Å². The fourth-order valence-corrected chi connectivity index (χ4v) is 4.02. The Hall–Kier alpha value is -0.0800. The van der Waals surface area contributed by atoms with E-state index in [4.69, 9.17) is 0 Å². The van der Waals surface area contributed by atoms with Gasteiger partial charge in [-0.2, -0.15) is 0 Å². The van der Waals surface area contributed by atoms with Crippen molar-refractivity contribution < 1.29 is 0 Å². The molecule has 1 saturated carbocycles. The molecule has 1 saturated heterocycles. The molecule has 2 aliphatic rings. The Balaban J connectivity index is 1.89. The molecule has 106 valence electrons. The summed E-state index contributed by atoms with van der Waals surface area (Å²) < 4.78 is 0. The van der Waals surface area contributed by atoms with Crippen LogP contribution in [-0.4, -0.2) is 36.6 Å². The minimum Gasteiger partial charge on any atom is -0.313 e. The Kier molecular flexibility index (Phi) is 5.97. The molecule has 0 amide bonds. The summed E-state index contributed by atoms with van der Waals surface area (Å²) in [7, 11) is 0. The highest BCUT2D eigenvalue weighted by atomic mass is 15.2. The van der Waals surface area contributed by atoms with Crippen molar-refractivity contribution in [1.82, 2.24) is 10.2 Å². The van der Waals surface area contributed by atoms with Crippen LogP contribution in [0.25, 0.3) is 0 Å². The average molecular weight is 252 g/mol. The first-order valence-electron chi connectivity index (χ1n) is 8.32. The van der Waals surface area contributed by atoms with Gasteiger partial charge in [0.15, 0.2) is 0 Å². The second-order valence-electron chi connectivity index (χ2n) is 6.31. The van der Waals surface area contributed by atoms with Gasteiger partial charge in [-0.1, -0.05) is 33.1 Å². The molecule has 1 aliphatic carbocycles. The third-order valence-electron chi connectivity index (χ3n) is 4.99. The first-order chi connectivity index (χ1) is 8.85. The summed E-state index contributed by atoms with van der Waals surface area (Å²) in [6.45, 7) is 8.56. The number of nitrogens with zero attached hydrogens (tertiary/aromatic N) is 1. The molecule has 2 heteroatoms. The van der Waals surface area contributed by atoms with Gasteiger partial charge in [0.25, 0.3) is 0 Å². The van der Waals surface area contributed by atoms with E-state index in [0.717, 1.165) is 18.0 Å². The summed E-state index contributed by atoms with van der Waals surface area (Å²) in [5.74, 6) is 0.972. The van der Waals surface area contributed by atoms with E-state index in [1.165, 1.54) is 71.0 Å². The van der Waals surface area contributed by atoms with Crippen LogP contribution in [0.5, 0.6) is 0 Å². The van der Waals surface area contributed by atoms with Gasteiger partial charge >= 0.3 is 0 Å². The summed E-state index contributed by atoms with van der Waals surface area (Å²) in [6, 6.07) is 1.65. The molecule has 18 heavy (non-hydrogen) atoms. The Bertz CT molecular complexity index is 223. The summed E-state index contributed by atoms with van der Waals surface area (Å²) in [6.07, 6.45) is 11.3. The van der Waals surface area contributed by atoms with Crippen LogP contribution in [0.15, 0.2) is 0 Å². The average Bonchev–Trinajstić information content (AvgIpc) is 2.87. The molecule has 2 fully saturated rings. The molecule has 1 N–H and O–H groups in total. The minimum absolute atomic E-state index is 0.767. The van der Waals surface area contributed by atoms with Crippen LogP contribution in [0.1, 0.15) is 65.2 Å². The zero-order valence-electron chi connectivity index (χ0n) is 12.5. The van der Waals surface area contributed by atoms with Gasteiger partial charge < -0.3 is 5.32 Å². The third kappa shape index (κ3) is 3.71. The van der Waals surface area contributed by atoms with Crippen molar-refractivity contribution in [1.29, 1.82) is 0 Å². The zero-order valence-corrected chi connectivity index (χ0v) is 12.5. The molecule has 1 aliphatic heterocycles. The third-order valence-corrected chi connectivity index (χ3v) is 4.99. The van der Waals surface area contributed by atoms with Crippen LogP contribution in [-0.2, 0) is 0 Å². The van der Waals surface area contributed by atoms with E-state index in [-0.39, 0.29) is 0 Å². The predicted octanol–water partition coefficient (Wildman–Crippen LogP) is 3.42. The molecule has 3 atom stereocenters. The van der Waals surface area contributed by atoms with Gasteiger partial charge in [0.05, 0.1) is 0 Å². The second-order valence-corrected chi connectivity index (χ2v) is 6.31. The molecule has 0 bridgehead atoms. The predicted molar refractivity (Wildman–Crippen MR) is 78.9 cm³/mol. The van der Waals surface area contributed by atoms with Crippen LogP contribution in [0, 0.1) is 5.92 Å². The molecule has 0 aromatic carbocycles. The van der Waals surface area contributed by atoms with Crippen molar-refractivity contribution in [3.05, 3.63) is 0 Å². The highest BCUT2D eigenvalue weighted by Crippen LogP contribution is 2.32. The lowest BCUT2D eigenvalue weighted by Crippen LogP contribution is -2.48. The molecule has 2 rings (SSSR count). The number of nitrogens with one attached hydrogen (secondary N) is 1. The Morgan fingerprint density at radius 1 is 1.06 bits per heavy atom. The molecular weight excluding hydrogens is 220 g/mol. The van der Waals surface area contributed by atoms with E-state index in [9.17, 15) is 0 Å². The number of hydrogen-bond acceptors (Lipinski definition) is 2. The molecule has 0 spiro atoms. The number of rotatable bonds is 6. The first kappa shape index (κ1) is 14.3. The number of hydrogen-bond donors (Lipinski definition) is 1. The molecule has 1 heterocycles. The van der Waals surface area contributed by atoms with Gasteiger partial charge in [-0.05, 0) is 51.1 Å². The van der Waals surface area contributed by atoms with E-state index in [1.54, 1.807) is 0 Å². The second kappa shape index (κ2) is 7.49. The molecule has 3 unspecified atom stereocenters. The fraction of sp³-hybridized carbons (Fsp3) is 1.00. The van der Waals surface area contributed by atoms with Gasteiger partial charge in [0.2, 0.25) is 0 Å². The normalized spacial score (nSPS) is 33.2. The van der Waals surface area contributed by atoms with Crippen molar-refractivity contribution in [3.8, 4) is 0 Å². The quantitative estimate of drug-likeness (QED) is 0.779. The number of piperidine rings is 1. The maximum Gasteiger partial charge on any atom is 0.0195 e. The van der Waals surface area contributed by atoms with Gasteiger partial charge in [-0.3, -0.25) is 4.90 Å². The van der Waals surface area contributed by atoms with Crippen LogP contribution in [0.4, 0.5) is 0 Å². The van der Waals surface area contributed by atoms with Crippen molar-refractivity contribution in [2.75, 3.05) is 19.6 Å². The molecular formula is C16H32N2. The summed E-state index contributed by atoms with van der Waals surface area (Å²) in [5.41, 5.74) is 0. The largest absolute Gasteiger partial charge is 0.313 e. The highest BCUT2D eigenvalue weighted by Gasteiger charge is 2.31. The minimum atomic E-state index is 0.767. The SMILES string of the molecule is CCCN(CC1CCCCN1)C1CCCC1CC. The summed E-state index contributed by atoms with van der Waals surface area (Å²) >= 11 is 0. The van der Waals surface area contributed by atoms with Crippen molar-refractivity contribution in [2.45, 2.75) is 77.3 Å². The fourth-order valence-electron chi connectivity index (χ4n) is 4.02. The van der Waals surface area contributed by atoms with Gasteiger partial charge in [0, 0.05) is 18.6 Å². The lowest BCUT2D eigenvalue weighted by Gasteiger charge is -2.36. The Morgan fingerprint density at radius 3 is 2.61 bits per heavy atom. The van der Waals surface area contributed by atoms with Crippen LogP contribution < -0.4 is 5.32 Å². The van der Waals surface area contributed by atoms with E-state index in [0.29, 0.717) is 0 Å². The molecule has 0 aromatic heterocycles. The summed E-state index contributed by atoms with van der Waals surface area (Å²) in [5, 5.41) is 3.72. The Labute approximate surface area is 114 Å². The smallest absolute Gasteiger partial charge is 0.0195 e. The maximum absolute atomic E-state index is 3.72. The molecule has 0 aromatic rings. The lowest BCUT2D eigenvalue weighted by atomic mass is 9.97. The van der Waals surface area contributed by atoms with Crippen molar-refractivity contribution >= 4 is 0 Å². The maximum atomic E-state index is 3.72. The zero-order chi connectivity index (χ0) is 12.8. The van der Waals surface area contributed by atoms with Gasteiger partial charge in [-0.15, -0.1) is 0 Å². The van der Waals surface area contributed by atoms with Crippen molar-refractivity contribution in [3.63, 3.8) is 0 Å². The van der Waals surface area contributed by atoms with E-state index >= 15 is 0 Å². The first-order valence-corrected chi connectivity index (χ1v) is 8.32. The van der Waals surface area contributed by atoms with E-state index < -0.39 is 0 Å². The topological polar surface area (TPSA) is 15.3 Å². The van der Waals surface area contributed by atoms with Gasteiger partial charge in [0.1, 0.15) is 0 Å². The highest BCUT2D eigenvalue weighted by molar-refractivity contribution is 4.87. The summed E-state index contributed by atoms with van der Waals surface area (Å²) in [4.78, 5) is 2.82. The lowest BCUT2D eigenvalue weighted by molar-refractivity contribution is 0.134. The van der Waals surface area contributed by atoms with E-state index in [2.05, 4.69) is 24.1 Å². The monoisotopic (exact) mass is 252 g/mol. The Morgan fingerprint density at radius 2 is 1.94 bits per heavy atom. The molecule has 0 radical (unpaired) electrons. The van der Waals surface area contributed by atoms with E-state index in [1.807, 2.05) is 0 Å². The van der Waals surface area contributed by atoms with Crippen LogP contribution in [0.3, 0.4) is 0 Å². The van der Waals surface area contributed by atoms with Crippen molar-refractivity contribution in [2.24, 2.45) is 5.92 Å². The standard InChI is InChI=1S/C16H32N2/c1-3-12-18(13-15-9-5-6-11-17-15)16-10-7-8-14(16)4-2/h14-17H,3-13H2,1-2H3.